The van der Waals surface area contributed by atoms with Crippen LogP contribution in [0.2, 0.25) is 0 Å². The minimum Gasteiger partial charge on any atom is -0.504 e. The number of phenols is 2. The topological polar surface area (TPSA) is 95.6 Å². The Balaban J connectivity index is 1.88. The van der Waals surface area contributed by atoms with Crippen molar-refractivity contribution in [2.75, 3.05) is 0 Å². The van der Waals surface area contributed by atoms with Gasteiger partial charge in [0.1, 0.15) is 0 Å². The minimum atomic E-state index is -0.655. The molecule has 2 atom stereocenters. The average molecular weight is 292 g/mol. The summed E-state index contributed by atoms with van der Waals surface area (Å²) < 4.78 is 0. The van der Waals surface area contributed by atoms with E-state index in [9.17, 15) is 15.0 Å². The summed E-state index contributed by atoms with van der Waals surface area (Å²) in [5, 5.41) is 21.7. The van der Waals surface area contributed by atoms with Gasteiger partial charge in [0.2, 0.25) is 5.91 Å². The van der Waals surface area contributed by atoms with Gasteiger partial charge in [-0.2, -0.15) is 0 Å². The monoisotopic (exact) mass is 292 g/mol. The summed E-state index contributed by atoms with van der Waals surface area (Å²) >= 11 is 0. The second kappa shape index (κ2) is 6.80. The number of benzene rings is 1. The van der Waals surface area contributed by atoms with Gasteiger partial charge >= 0.3 is 0 Å². The number of nitrogens with one attached hydrogen (secondary N) is 1. The van der Waals surface area contributed by atoms with Crippen molar-refractivity contribution in [3.05, 3.63) is 23.8 Å². The molecule has 0 saturated heterocycles. The molecular formula is C16H24N2O3. The van der Waals surface area contributed by atoms with Gasteiger partial charge in [-0.3, -0.25) is 4.79 Å². The van der Waals surface area contributed by atoms with Crippen molar-refractivity contribution in [3.8, 4) is 11.5 Å². The highest BCUT2D eigenvalue weighted by atomic mass is 16.3. The molecule has 1 unspecified atom stereocenters. The highest BCUT2D eigenvalue weighted by Crippen LogP contribution is 2.28. The van der Waals surface area contributed by atoms with Gasteiger partial charge in [-0.25, -0.2) is 0 Å². The van der Waals surface area contributed by atoms with E-state index in [0.29, 0.717) is 12.3 Å². The number of carbonyl (C=O) groups excluding carboxylic acids is 1. The molecule has 0 aromatic heterocycles. The lowest BCUT2D eigenvalue weighted by Crippen LogP contribution is -2.47. The van der Waals surface area contributed by atoms with Crippen molar-refractivity contribution in [2.24, 2.45) is 11.7 Å². The van der Waals surface area contributed by atoms with Gasteiger partial charge in [0, 0.05) is 6.04 Å². The second-order valence-electron chi connectivity index (χ2n) is 5.98. The van der Waals surface area contributed by atoms with Gasteiger partial charge in [-0.15, -0.1) is 0 Å². The zero-order valence-electron chi connectivity index (χ0n) is 12.4. The maximum absolute atomic E-state index is 12.1. The van der Waals surface area contributed by atoms with E-state index >= 15 is 0 Å². The van der Waals surface area contributed by atoms with Crippen LogP contribution in [0.15, 0.2) is 18.2 Å². The molecule has 0 aliphatic heterocycles. The molecule has 0 bridgehead atoms. The molecule has 1 aromatic rings. The zero-order valence-corrected chi connectivity index (χ0v) is 12.4. The average Bonchev–Trinajstić information content (AvgIpc) is 2.97. The van der Waals surface area contributed by atoms with Crippen LogP contribution in [0, 0.1) is 5.92 Å². The molecule has 0 radical (unpaired) electrons. The number of nitrogens with two attached hydrogens (primary N) is 1. The first-order chi connectivity index (χ1) is 9.97. The molecule has 0 heterocycles. The van der Waals surface area contributed by atoms with E-state index in [1.165, 1.54) is 37.8 Å². The fraction of sp³-hybridized carbons (Fsp3) is 0.562. The largest absolute Gasteiger partial charge is 0.504 e. The van der Waals surface area contributed by atoms with Crippen molar-refractivity contribution in [2.45, 2.75) is 51.1 Å². The van der Waals surface area contributed by atoms with Crippen molar-refractivity contribution < 1.29 is 15.0 Å². The van der Waals surface area contributed by atoms with Crippen LogP contribution in [0.5, 0.6) is 11.5 Å². The first-order valence-electron chi connectivity index (χ1n) is 7.54. The maximum Gasteiger partial charge on any atom is 0.237 e. The molecule has 5 heteroatoms. The van der Waals surface area contributed by atoms with Crippen molar-refractivity contribution in [1.29, 1.82) is 0 Å². The van der Waals surface area contributed by atoms with Crippen LogP contribution >= 0.6 is 0 Å². The number of hydrogen-bond donors (Lipinski definition) is 4. The van der Waals surface area contributed by atoms with Crippen LogP contribution in [0.25, 0.3) is 0 Å². The summed E-state index contributed by atoms with van der Waals surface area (Å²) in [6, 6.07) is 3.99. The Morgan fingerprint density at radius 3 is 2.62 bits per heavy atom. The second-order valence-corrected chi connectivity index (χ2v) is 5.98. The fourth-order valence-corrected chi connectivity index (χ4v) is 2.95. The third-order valence-electron chi connectivity index (χ3n) is 4.31. The number of aromatic hydroxyl groups is 2. The first kappa shape index (κ1) is 15.6. The lowest BCUT2D eigenvalue weighted by atomic mass is 9.99. The molecule has 1 amide bonds. The fourth-order valence-electron chi connectivity index (χ4n) is 2.95. The number of carbonyl (C=O) groups is 1. The van der Waals surface area contributed by atoms with Crippen LogP contribution in [-0.4, -0.2) is 28.2 Å². The lowest BCUT2D eigenvalue weighted by molar-refractivity contribution is -0.123. The predicted octanol–water partition coefficient (Wildman–Crippen LogP) is 1.66. The van der Waals surface area contributed by atoms with Gasteiger partial charge in [0.15, 0.2) is 11.5 Å². The van der Waals surface area contributed by atoms with E-state index < -0.39 is 6.04 Å². The van der Waals surface area contributed by atoms with Gasteiger partial charge in [0.05, 0.1) is 6.04 Å². The number of rotatable bonds is 5. The quantitative estimate of drug-likeness (QED) is 0.621. The summed E-state index contributed by atoms with van der Waals surface area (Å²) in [5.74, 6) is 0.0203. The highest BCUT2D eigenvalue weighted by Gasteiger charge is 2.24. The van der Waals surface area contributed by atoms with Gasteiger partial charge < -0.3 is 21.3 Å². The lowest BCUT2D eigenvalue weighted by Gasteiger charge is -2.22. The zero-order chi connectivity index (χ0) is 15.4. The Labute approximate surface area is 125 Å². The number of amides is 1. The third kappa shape index (κ3) is 4.11. The Morgan fingerprint density at radius 2 is 2.00 bits per heavy atom. The molecular weight excluding hydrogens is 268 g/mol. The van der Waals surface area contributed by atoms with Crippen LogP contribution in [0.4, 0.5) is 0 Å². The molecule has 5 nitrogen and oxygen atoms in total. The molecule has 1 fully saturated rings. The molecule has 116 valence electrons. The predicted molar refractivity (Wildman–Crippen MR) is 81.0 cm³/mol. The molecule has 1 aliphatic carbocycles. The molecule has 21 heavy (non-hydrogen) atoms. The summed E-state index contributed by atoms with van der Waals surface area (Å²) in [4.78, 5) is 12.1. The van der Waals surface area contributed by atoms with E-state index in [2.05, 4.69) is 5.32 Å². The Hall–Kier alpha value is -1.75. The van der Waals surface area contributed by atoms with Crippen LogP contribution in [0.1, 0.15) is 38.2 Å². The van der Waals surface area contributed by atoms with Crippen LogP contribution < -0.4 is 11.1 Å². The Bertz CT molecular complexity index is 498. The van der Waals surface area contributed by atoms with Crippen molar-refractivity contribution >= 4 is 5.91 Å². The first-order valence-corrected chi connectivity index (χ1v) is 7.54. The molecule has 2 rings (SSSR count). The summed E-state index contributed by atoms with van der Waals surface area (Å²) in [5.41, 5.74) is 6.65. The SMILES string of the molecule is CC(NC(=O)[C@@H](N)Cc1ccc(O)c(O)c1)C1CCCC1. The third-order valence-corrected chi connectivity index (χ3v) is 4.31. The molecule has 1 aromatic carbocycles. The molecule has 0 spiro atoms. The molecule has 1 saturated carbocycles. The van der Waals surface area contributed by atoms with E-state index in [4.69, 9.17) is 5.73 Å². The van der Waals surface area contributed by atoms with Crippen LogP contribution in [0.3, 0.4) is 0 Å². The van der Waals surface area contributed by atoms with E-state index in [-0.39, 0.29) is 23.4 Å². The van der Waals surface area contributed by atoms with Crippen molar-refractivity contribution in [3.63, 3.8) is 0 Å². The van der Waals surface area contributed by atoms with E-state index in [0.717, 1.165) is 5.56 Å². The molecule has 1 aliphatic rings. The molecule has 5 N–H and O–H groups in total. The van der Waals surface area contributed by atoms with Crippen LogP contribution in [-0.2, 0) is 11.2 Å². The Kier molecular flexibility index (Phi) is 5.07. The standard InChI is InChI=1S/C16H24N2O3/c1-10(12-4-2-3-5-12)18-16(21)13(17)8-11-6-7-14(19)15(20)9-11/h6-7,9-10,12-13,19-20H,2-5,8,17H2,1H3,(H,18,21)/t10?,13-/m0/s1. The van der Waals surface area contributed by atoms with Gasteiger partial charge in [0.25, 0.3) is 0 Å². The summed E-state index contributed by atoms with van der Waals surface area (Å²) in [6.07, 6.45) is 5.15. The maximum atomic E-state index is 12.1. The summed E-state index contributed by atoms with van der Waals surface area (Å²) in [6.45, 7) is 2.03. The Morgan fingerprint density at radius 1 is 1.33 bits per heavy atom. The van der Waals surface area contributed by atoms with Gasteiger partial charge in [-0.1, -0.05) is 18.9 Å². The summed E-state index contributed by atoms with van der Waals surface area (Å²) in [7, 11) is 0. The van der Waals surface area contributed by atoms with Gasteiger partial charge in [-0.05, 0) is 49.8 Å². The normalized spacial score (nSPS) is 18.4. The smallest absolute Gasteiger partial charge is 0.237 e. The highest BCUT2D eigenvalue weighted by molar-refractivity contribution is 5.82. The number of phenolic OH excluding ortho intramolecular Hbond substituents is 2. The van der Waals surface area contributed by atoms with E-state index in [1.54, 1.807) is 6.07 Å². The minimum absolute atomic E-state index is 0.152. The number of hydrogen-bond acceptors (Lipinski definition) is 4. The van der Waals surface area contributed by atoms with E-state index in [1.807, 2.05) is 6.92 Å². The van der Waals surface area contributed by atoms with Crippen molar-refractivity contribution in [1.82, 2.24) is 5.32 Å².